The first-order valence-electron chi connectivity index (χ1n) is 12.2. The summed E-state index contributed by atoms with van der Waals surface area (Å²) in [5.41, 5.74) is 3.40. The van der Waals surface area contributed by atoms with Crippen LogP contribution < -0.4 is 5.32 Å². The number of rotatable bonds is 8. The second-order valence-electron chi connectivity index (χ2n) is 9.11. The summed E-state index contributed by atoms with van der Waals surface area (Å²) >= 11 is 6.04. The molecule has 0 radical (unpaired) electrons. The average molecular weight is 489 g/mol. The highest BCUT2D eigenvalue weighted by Gasteiger charge is 2.23. The fourth-order valence-electron chi connectivity index (χ4n) is 4.68. The molecule has 1 saturated heterocycles. The van der Waals surface area contributed by atoms with E-state index in [-0.39, 0.29) is 17.9 Å². The van der Waals surface area contributed by atoms with Crippen LogP contribution in [0.1, 0.15) is 53.2 Å². The fraction of sp³-hybridized carbons (Fsp3) is 0.321. The van der Waals surface area contributed by atoms with Gasteiger partial charge in [0, 0.05) is 59.7 Å². The van der Waals surface area contributed by atoms with Gasteiger partial charge in [-0.05, 0) is 67.6 Å². The van der Waals surface area contributed by atoms with Crippen molar-refractivity contribution in [1.29, 1.82) is 0 Å². The Morgan fingerprint density at radius 2 is 2.09 bits per heavy atom. The lowest BCUT2D eigenvalue weighted by Gasteiger charge is -2.26. The van der Waals surface area contributed by atoms with E-state index in [0.717, 1.165) is 48.0 Å². The largest absolute Gasteiger partial charge is 0.378 e. The minimum absolute atomic E-state index is 0.137. The Morgan fingerprint density at radius 3 is 2.89 bits per heavy atom. The molecule has 180 valence electrons. The van der Waals surface area contributed by atoms with E-state index in [0.29, 0.717) is 23.7 Å². The number of nitrogens with one attached hydrogen (secondary N) is 1. The number of carbonyl (C=O) groups excluding carboxylic acids is 1. The van der Waals surface area contributed by atoms with Crippen LogP contribution in [0.25, 0.3) is 10.9 Å². The number of hydrogen-bond acceptors (Lipinski definition) is 4. The number of amides is 1. The van der Waals surface area contributed by atoms with Gasteiger partial charge in [0.15, 0.2) is 0 Å². The molecule has 2 aromatic heterocycles. The summed E-state index contributed by atoms with van der Waals surface area (Å²) < 4.78 is 7.99. The topological polar surface area (TPSA) is 69.0 Å². The van der Waals surface area contributed by atoms with Crippen LogP contribution in [-0.4, -0.2) is 33.4 Å². The van der Waals surface area contributed by atoms with Gasteiger partial charge in [0.1, 0.15) is 0 Å². The Kier molecular flexibility index (Phi) is 7.40. The van der Waals surface area contributed by atoms with E-state index in [2.05, 4.69) is 16.4 Å². The first-order valence-corrected chi connectivity index (χ1v) is 12.5. The lowest BCUT2D eigenvalue weighted by atomic mass is 9.93. The summed E-state index contributed by atoms with van der Waals surface area (Å²) in [5.74, 6) is 0.0660. The maximum absolute atomic E-state index is 12.7. The van der Waals surface area contributed by atoms with Crippen molar-refractivity contribution in [2.75, 3.05) is 6.61 Å². The Bertz CT molecular complexity index is 1280. The van der Waals surface area contributed by atoms with Crippen LogP contribution in [0.3, 0.4) is 0 Å². The predicted molar refractivity (Wildman–Crippen MR) is 138 cm³/mol. The third kappa shape index (κ3) is 6.08. The summed E-state index contributed by atoms with van der Waals surface area (Å²) in [6.45, 7) is 1.97. The van der Waals surface area contributed by atoms with Crippen LogP contribution in [0.2, 0.25) is 5.02 Å². The lowest BCUT2D eigenvalue weighted by Crippen LogP contribution is -2.24. The molecule has 7 heteroatoms. The quantitative estimate of drug-likeness (QED) is 0.342. The van der Waals surface area contributed by atoms with Crippen molar-refractivity contribution < 1.29 is 9.53 Å². The molecule has 4 aromatic rings. The smallest absolute Gasteiger partial charge is 0.251 e. The summed E-state index contributed by atoms with van der Waals surface area (Å²) in [6, 6.07) is 19.2. The van der Waals surface area contributed by atoms with Gasteiger partial charge in [-0.2, -0.15) is 5.10 Å². The average Bonchev–Trinajstić information content (AvgIpc) is 3.30. The van der Waals surface area contributed by atoms with E-state index in [1.807, 2.05) is 71.7 Å². The maximum atomic E-state index is 12.7. The third-order valence-electron chi connectivity index (χ3n) is 6.49. The number of nitrogens with zero attached hydrogens (tertiary/aromatic N) is 3. The predicted octanol–water partition coefficient (Wildman–Crippen LogP) is 5.76. The van der Waals surface area contributed by atoms with Gasteiger partial charge in [0.25, 0.3) is 5.91 Å². The van der Waals surface area contributed by atoms with E-state index in [9.17, 15) is 4.79 Å². The third-order valence-corrected chi connectivity index (χ3v) is 6.73. The number of aromatic nitrogens is 3. The van der Waals surface area contributed by atoms with Crippen LogP contribution >= 0.6 is 11.6 Å². The van der Waals surface area contributed by atoms with Gasteiger partial charge in [-0.3, -0.25) is 14.5 Å². The number of benzene rings is 2. The summed E-state index contributed by atoms with van der Waals surface area (Å²) in [4.78, 5) is 17.4. The van der Waals surface area contributed by atoms with Gasteiger partial charge in [0.2, 0.25) is 0 Å². The Balaban J connectivity index is 1.30. The maximum Gasteiger partial charge on any atom is 0.251 e. The normalized spacial score (nSPS) is 16.8. The highest BCUT2D eigenvalue weighted by atomic mass is 35.5. The molecular formula is C28H29ClN4O2. The number of halogens is 1. The number of pyridine rings is 1. The SMILES string of the molecule is O=C(NCc1cccc(Cl)c1)c1ccc2cn(CC(CC3CCCCO3)c3ccccn3)nc2c1. The van der Waals surface area contributed by atoms with Crippen molar-refractivity contribution in [1.82, 2.24) is 20.1 Å². The lowest BCUT2D eigenvalue weighted by molar-refractivity contribution is 0.00565. The molecule has 2 atom stereocenters. The van der Waals surface area contributed by atoms with Crippen LogP contribution in [-0.2, 0) is 17.8 Å². The highest BCUT2D eigenvalue weighted by molar-refractivity contribution is 6.30. The minimum atomic E-state index is -0.137. The highest BCUT2D eigenvalue weighted by Crippen LogP contribution is 2.28. The number of hydrogen-bond donors (Lipinski definition) is 1. The van der Waals surface area contributed by atoms with Crippen LogP contribution in [0.15, 0.2) is 73.1 Å². The van der Waals surface area contributed by atoms with Crippen LogP contribution in [0.4, 0.5) is 0 Å². The molecule has 2 aromatic carbocycles. The molecule has 1 aliphatic rings. The summed E-state index contributed by atoms with van der Waals surface area (Å²) in [5, 5.41) is 9.41. The minimum Gasteiger partial charge on any atom is -0.378 e. The second-order valence-corrected chi connectivity index (χ2v) is 9.55. The van der Waals surface area contributed by atoms with Crippen LogP contribution in [0.5, 0.6) is 0 Å². The van der Waals surface area contributed by atoms with Crippen molar-refractivity contribution in [2.24, 2.45) is 0 Å². The van der Waals surface area contributed by atoms with Gasteiger partial charge in [-0.1, -0.05) is 35.9 Å². The van der Waals surface area contributed by atoms with Gasteiger partial charge >= 0.3 is 0 Å². The molecule has 0 aliphatic carbocycles. The molecule has 1 fully saturated rings. The monoisotopic (exact) mass is 488 g/mol. The first-order chi connectivity index (χ1) is 17.1. The molecule has 1 amide bonds. The summed E-state index contributed by atoms with van der Waals surface area (Å²) in [6.07, 6.45) is 8.52. The van der Waals surface area contributed by atoms with E-state index >= 15 is 0 Å². The zero-order valence-corrected chi connectivity index (χ0v) is 20.3. The number of fused-ring (bicyclic) bond motifs is 1. The molecule has 35 heavy (non-hydrogen) atoms. The Hall–Kier alpha value is -3.22. The molecule has 1 N–H and O–H groups in total. The standard InChI is InChI=1S/C28H29ClN4O2/c29-24-7-5-6-20(14-24)17-31-28(34)21-10-11-22-18-33(32-27(22)16-21)19-23(26-9-1-3-12-30-26)15-25-8-2-4-13-35-25/h1,3,5-7,9-12,14,16,18,23,25H,2,4,8,13,15,17,19H2,(H,31,34). The number of ether oxygens (including phenoxy) is 1. The molecule has 5 rings (SSSR count). The molecular weight excluding hydrogens is 460 g/mol. The zero-order chi connectivity index (χ0) is 24.0. The van der Waals surface area contributed by atoms with Crippen molar-refractivity contribution in [3.05, 3.63) is 94.9 Å². The number of carbonyl (C=O) groups is 1. The molecule has 0 bridgehead atoms. The molecule has 6 nitrogen and oxygen atoms in total. The Morgan fingerprint density at radius 1 is 1.14 bits per heavy atom. The van der Waals surface area contributed by atoms with Gasteiger partial charge in [-0.25, -0.2) is 0 Å². The van der Waals surface area contributed by atoms with Gasteiger partial charge in [-0.15, -0.1) is 0 Å². The first kappa shape index (κ1) is 23.5. The molecule has 2 unspecified atom stereocenters. The fourth-order valence-corrected chi connectivity index (χ4v) is 4.89. The Labute approximate surface area is 210 Å². The van der Waals surface area contributed by atoms with E-state index in [4.69, 9.17) is 21.4 Å². The van der Waals surface area contributed by atoms with Gasteiger partial charge in [0.05, 0.1) is 11.6 Å². The summed E-state index contributed by atoms with van der Waals surface area (Å²) in [7, 11) is 0. The van der Waals surface area contributed by atoms with Crippen molar-refractivity contribution in [3.63, 3.8) is 0 Å². The van der Waals surface area contributed by atoms with Crippen LogP contribution in [0, 0.1) is 0 Å². The molecule has 1 aliphatic heterocycles. The van der Waals surface area contributed by atoms with Crippen molar-refractivity contribution >= 4 is 28.4 Å². The molecule has 3 heterocycles. The van der Waals surface area contributed by atoms with Crippen molar-refractivity contribution in [3.8, 4) is 0 Å². The van der Waals surface area contributed by atoms with E-state index < -0.39 is 0 Å². The van der Waals surface area contributed by atoms with E-state index in [1.165, 1.54) is 6.42 Å². The van der Waals surface area contributed by atoms with Crippen molar-refractivity contribution in [2.45, 2.75) is 50.8 Å². The molecule has 0 spiro atoms. The second kappa shape index (κ2) is 11.0. The zero-order valence-electron chi connectivity index (χ0n) is 19.6. The molecule has 0 saturated carbocycles. The van der Waals surface area contributed by atoms with Gasteiger partial charge < -0.3 is 10.1 Å². The van der Waals surface area contributed by atoms with E-state index in [1.54, 1.807) is 0 Å².